The van der Waals surface area contributed by atoms with Crippen molar-refractivity contribution in [2.45, 2.75) is 296 Å². The van der Waals surface area contributed by atoms with Gasteiger partial charge in [-0.15, -0.1) is 0 Å². The lowest BCUT2D eigenvalue weighted by Gasteiger charge is -2.27. The molecule has 0 aromatic rings. The second kappa shape index (κ2) is 49.1. The first-order valence-electron chi connectivity index (χ1n) is 29.2. The topological polar surface area (TPSA) is 111 Å². The zero-order chi connectivity index (χ0) is 50.1. The van der Waals surface area contributed by atoms with Gasteiger partial charge in [0.05, 0.1) is 33.8 Å². The number of esters is 1. The highest BCUT2D eigenvalue weighted by molar-refractivity contribution is 7.47. The molecule has 0 rings (SSSR count). The van der Waals surface area contributed by atoms with Crippen molar-refractivity contribution in [1.82, 2.24) is 5.32 Å². The number of unbranched alkanes of at least 4 members (excludes halogenated alkanes) is 35. The molecule has 0 heterocycles. The Morgan fingerprint density at radius 2 is 0.868 bits per heavy atom. The summed E-state index contributed by atoms with van der Waals surface area (Å²) in [6, 6.07) is -0.845. The highest BCUT2D eigenvalue weighted by Crippen LogP contribution is 2.43. The van der Waals surface area contributed by atoms with Gasteiger partial charge in [0.1, 0.15) is 19.3 Å². The lowest BCUT2D eigenvalue weighted by Crippen LogP contribution is -2.47. The smallest absolute Gasteiger partial charge is 0.456 e. The van der Waals surface area contributed by atoms with E-state index in [-0.39, 0.29) is 25.1 Å². The van der Waals surface area contributed by atoms with E-state index < -0.39 is 20.0 Å². The van der Waals surface area contributed by atoms with Gasteiger partial charge in [-0.05, 0) is 51.0 Å². The van der Waals surface area contributed by atoms with Crippen molar-refractivity contribution in [3.63, 3.8) is 0 Å². The van der Waals surface area contributed by atoms with E-state index in [2.05, 4.69) is 38.2 Å². The number of rotatable bonds is 53. The largest absolute Gasteiger partial charge is 0.472 e. The van der Waals surface area contributed by atoms with E-state index in [0.717, 1.165) is 83.5 Å². The molecular weight excluding hydrogens is 868 g/mol. The minimum atomic E-state index is -4.44. The Morgan fingerprint density at radius 1 is 0.500 bits per heavy atom. The maximum absolute atomic E-state index is 13.4. The number of phosphoric ester groups is 1. The Hall–Kier alpha value is -1.51. The molecule has 3 unspecified atom stereocenters. The number of amides is 1. The minimum absolute atomic E-state index is 0.0417. The van der Waals surface area contributed by atoms with Crippen LogP contribution in [0.2, 0.25) is 0 Å². The fourth-order valence-electron chi connectivity index (χ4n) is 8.57. The predicted molar refractivity (Wildman–Crippen MR) is 291 cm³/mol. The van der Waals surface area contributed by atoms with Crippen LogP contribution in [0, 0.1) is 0 Å². The maximum Gasteiger partial charge on any atom is 0.472 e. The first-order chi connectivity index (χ1) is 32.9. The molecule has 68 heavy (non-hydrogen) atoms. The zero-order valence-electron chi connectivity index (χ0n) is 45.9. The fourth-order valence-corrected chi connectivity index (χ4v) is 9.31. The SMILES string of the molecule is CCCC/C=C\CCCCCCCC(=O)NC(COP(=O)(O)OCC[N+](C)(C)C)C(/C=C\CCCCCCCCCCCC)OC(=O)CCCCCCCCCCCCCCCCCCCCC. The maximum atomic E-state index is 13.4. The lowest BCUT2D eigenvalue weighted by molar-refractivity contribution is -0.870. The van der Waals surface area contributed by atoms with Crippen molar-refractivity contribution in [2.24, 2.45) is 0 Å². The summed E-state index contributed by atoms with van der Waals surface area (Å²) in [5.74, 6) is -0.504. The molecule has 402 valence electrons. The molecule has 0 saturated carbocycles. The summed E-state index contributed by atoms with van der Waals surface area (Å²) in [4.78, 5) is 37.5. The molecule has 0 bridgehead atoms. The Labute approximate surface area is 422 Å². The Morgan fingerprint density at radius 3 is 1.29 bits per heavy atom. The monoisotopic (exact) mass is 982 g/mol. The molecule has 0 aliphatic carbocycles. The van der Waals surface area contributed by atoms with Crippen molar-refractivity contribution in [2.75, 3.05) is 40.9 Å². The van der Waals surface area contributed by atoms with Crippen molar-refractivity contribution in [1.29, 1.82) is 0 Å². The summed E-state index contributed by atoms with van der Waals surface area (Å²) in [5.41, 5.74) is 0. The van der Waals surface area contributed by atoms with Gasteiger partial charge in [-0.25, -0.2) is 4.57 Å². The molecule has 0 radical (unpaired) electrons. The van der Waals surface area contributed by atoms with Gasteiger partial charge in [0, 0.05) is 12.8 Å². The van der Waals surface area contributed by atoms with Gasteiger partial charge >= 0.3 is 13.8 Å². The third kappa shape index (κ3) is 49.5. The molecule has 2 N–H and O–H groups in total. The first-order valence-corrected chi connectivity index (χ1v) is 30.7. The molecule has 3 atom stereocenters. The number of nitrogens with one attached hydrogen (secondary N) is 1. The van der Waals surface area contributed by atoms with E-state index in [0.29, 0.717) is 23.9 Å². The normalized spacial score (nSPS) is 13.9. The number of hydrogen-bond acceptors (Lipinski definition) is 6. The van der Waals surface area contributed by atoms with Crippen LogP contribution in [0.4, 0.5) is 0 Å². The van der Waals surface area contributed by atoms with Crippen LogP contribution >= 0.6 is 7.82 Å². The summed E-state index contributed by atoms with van der Waals surface area (Å²) >= 11 is 0. The number of quaternary nitrogens is 1. The molecule has 1 amide bonds. The van der Waals surface area contributed by atoms with Gasteiger partial charge in [0.2, 0.25) is 5.91 Å². The number of nitrogens with zero attached hydrogens (tertiary/aromatic N) is 1. The predicted octanol–water partition coefficient (Wildman–Crippen LogP) is 17.4. The Balaban J connectivity index is 5.23. The van der Waals surface area contributed by atoms with Crippen LogP contribution < -0.4 is 5.32 Å². The van der Waals surface area contributed by atoms with Gasteiger partial charge in [-0.3, -0.25) is 18.6 Å². The highest BCUT2D eigenvalue weighted by atomic mass is 31.2. The van der Waals surface area contributed by atoms with Crippen LogP contribution in [-0.4, -0.2) is 74.3 Å². The van der Waals surface area contributed by atoms with E-state index in [1.54, 1.807) is 0 Å². The summed E-state index contributed by atoms with van der Waals surface area (Å²) in [7, 11) is 1.50. The van der Waals surface area contributed by atoms with E-state index in [4.69, 9.17) is 13.8 Å². The zero-order valence-corrected chi connectivity index (χ0v) is 46.8. The van der Waals surface area contributed by atoms with Gasteiger partial charge in [0.25, 0.3) is 0 Å². The molecule has 0 aliphatic heterocycles. The summed E-state index contributed by atoms with van der Waals surface area (Å²) in [6.45, 7) is 6.99. The molecular formula is C58H114N2O7P+. The van der Waals surface area contributed by atoms with Crippen molar-refractivity contribution >= 4 is 19.7 Å². The average molecular weight is 983 g/mol. The summed E-state index contributed by atoms with van der Waals surface area (Å²) in [5, 5.41) is 3.04. The van der Waals surface area contributed by atoms with Crippen LogP contribution in [-0.2, 0) is 27.9 Å². The number of likely N-dealkylation sites (N-methyl/N-ethyl adjacent to an activating group) is 1. The molecule has 0 aromatic heterocycles. The van der Waals surface area contributed by atoms with Crippen LogP contribution in [0.5, 0.6) is 0 Å². The molecule has 0 spiro atoms. The van der Waals surface area contributed by atoms with E-state index in [1.807, 2.05) is 33.3 Å². The molecule has 10 heteroatoms. The summed E-state index contributed by atoms with van der Waals surface area (Å²) in [6.07, 6.45) is 56.0. The van der Waals surface area contributed by atoms with Crippen LogP contribution in [0.1, 0.15) is 284 Å². The van der Waals surface area contributed by atoms with E-state index in [1.165, 1.54) is 167 Å². The quantitative estimate of drug-likeness (QED) is 0.0205. The second-order valence-corrected chi connectivity index (χ2v) is 22.6. The van der Waals surface area contributed by atoms with Gasteiger partial charge in [-0.2, -0.15) is 0 Å². The molecule has 0 aromatic carbocycles. The van der Waals surface area contributed by atoms with Crippen molar-refractivity contribution in [3.8, 4) is 0 Å². The number of allylic oxidation sites excluding steroid dienone is 3. The van der Waals surface area contributed by atoms with Crippen molar-refractivity contribution in [3.05, 3.63) is 24.3 Å². The van der Waals surface area contributed by atoms with E-state index in [9.17, 15) is 19.0 Å². The van der Waals surface area contributed by atoms with E-state index >= 15 is 0 Å². The lowest BCUT2D eigenvalue weighted by atomic mass is 10.0. The molecule has 9 nitrogen and oxygen atoms in total. The number of carbonyl (C=O) groups is 2. The Kier molecular flexibility index (Phi) is 48.0. The van der Waals surface area contributed by atoms with Crippen LogP contribution in [0.25, 0.3) is 0 Å². The summed E-state index contributed by atoms with van der Waals surface area (Å²) < 4.78 is 30.6. The van der Waals surface area contributed by atoms with Gasteiger partial charge in [0.15, 0.2) is 0 Å². The number of hydrogen-bond donors (Lipinski definition) is 2. The van der Waals surface area contributed by atoms with Crippen LogP contribution in [0.15, 0.2) is 24.3 Å². The third-order valence-electron chi connectivity index (χ3n) is 13.1. The standard InChI is InChI=1S/C58H113N2O7P/c1-7-10-13-16-19-22-25-27-28-29-30-31-32-33-36-39-42-45-48-51-58(62)67-56(49-46-43-40-37-35-26-23-20-17-14-11-8-2)55(54-66-68(63,64)65-53-52-60(4,5)6)59-57(61)50-47-44-41-38-34-24-21-18-15-12-9-3/h18,21,46,49,55-56H,7-17,19-20,22-45,47-48,50-54H2,1-6H3,(H-,59,61,63,64)/p+1/b21-18-,49-46-. The molecule has 0 aliphatic rings. The average Bonchev–Trinajstić information content (AvgIpc) is 3.29. The third-order valence-corrected chi connectivity index (χ3v) is 14.1. The second-order valence-electron chi connectivity index (χ2n) is 21.2. The van der Waals surface area contributed by atoms with Crippen molar-refractivity contribution < 1.29 is 37.3 Å². The number of ether oxygens (including phenoxy) is 1. The number of carbonyl (C=O) groups excluding carboxylic acids is 2. The number of phosphoric acid groups is 1. The minimum Gasteiger partial charge on any atom is -0.456 e. The highest BCUT2D eigenvalue weighted by Gasteiger charge is 2.30. The molecule has 0 fully saturated rings. The molecule has 0 saturated heterocycles. The Bertz CT molecular complexity index is 1220. The van der Waals surface area contributed by atoms with Crippen LogP contribution in [0.3, 0.4) is 0 Å². The van der Waals surface area contributed by atoms with Gasteiger partial charge < -0.3 is 19.4 Å². The fraction of sp³-hybridized carbons (Fsp3) is 0.897. The first kappa shape index (κ1) is 66.5. The van der Waals surface area contributed by atoms with Gasteiger partial charge in [-0.1, -0.05) is 244 Å².